The molecular formula is C19H21F3N3O4+. The number of alkyl halides is 3. The van der Waals surface area contributed by atoms with Gasteiger partial charge in [-0.3, -0.25) is 14.5 Å². The van der Waals surface area contributed by atoms with Crippen LogP contribution in [0.5, 0.6) is 5.75 Å². The second-order valence-electron chi connectivity index (χ2n) is 6.89. The molecule has 2 atom stereocenters. The van der Waals surface area contributed by atoms with E-state index in [-0.39, 0.29) is 6.54 Å². The van der Waals surface area contributed by atoms with E-state index in [0.29, 0.717) is 17.9 Å². The molecule has 1 aromatic carbocycles. The summed E-state index contributed by atoms with van der Waals surface area (Å²) in [7, 11) is 2.85. The number of hydrogen-bond donors (Lipinski definition) is 1. The Hall–Kier alpha value is -3.01. The molecule has 3 rings (SSSR count). The van der Waals surface area contributed by atoms with Crippen molar-refractivity contribution in [3.63, 3.8) is 0 Å². The van der Waals surface area contributed by atoms with Crippen LogP contribution in [-0.4, -0.2) is 59.8 Å². The zero-order valence-corrected chi connectivity index (χ0v) is 15.9. The number of H-pyrrole nitrogens is 1. The lowest BCUT2D eigenvalue weighted by Gasteiger charge is -2.33. The Morgan fingerprint density at radius 2 is 1.97 bits per heavy atom. The average molecular weight is 412 g/mol. The number of nitrogens with one attached hydrogen (secondary N) is 1. The van der Waals surface area contributed by atoms with Gasteiger partial charge in [0.2, 0.25) is 6.17 Å². The van der Waals surface area contributed by atoms with Gasteiger partial charge in [0.15, 0.2) is 6.54 Å². The van der Waals surface area contributed by atoms with Crippen LogP contribution in [-0.2, 0) is 20.8 Å². The molecule has 0 radical (unpaired) electrons. The third-order valence-corrected chi connectivity index (χ3v) is 4.81. The summed E-state index contributed by atoms with van der Waals surface area (Å²) in [5.41, 5.74) is 1.40. The molecule has 1 aliphatic rings. The molecule has 29 heavy (non-hydrogen) atoms. The Morgan fingerprint density at radius 3 is 2.52 bits per heavy atom. The second kappa shape index (κ2) is 7.78. The third kappa shape index (κ3) is 4.37. The summed E-state index contributed by atoms with van der Waals surface area (Å²) >= 11 is 0. The molecular weight excluding hydrogens is 391 g/mol. The summed E-state index contributed by atoms with van der Waals surface area (Å²) in [6, 6.07) is 10.6. The van der Waals surface area contributed by atoms with Crippen LogP contribution in [0.4, 0.5) is 13.2 Å². The molecule has 0 spiro atoms. The van der Waals surface area contributed by atoms with Crippen LogP contribution >= 0.6 is 0 Å². The molecule has 156 valence electrons. The van der Waals surface area contributed by atoms with E-state index >= 15 is 0 Å². The highest BCUT2D eigenvalue weighted by Gasteiger charge is 2.57. The molecule has 2 unspecified atom stereocenters. The van der Waals surface area contributed by atoms with Gasteiger partial charge in [-0.2, -0.15) is 13.2 Å². The zero-order chi connectivity index (χ0) is 21.2. The first-order valence-corrected chi connectivity index (χ1v) is 8.86. The third-order valence-electron chi connectivity index (χ3n) is 4.81. The number of quaternary nitrogens is 1. The number of carbonyl (C=O) groups excluding carboxylic acids is 2. The molecule has 0 aliphatic carbocycles. The molecule has 1 aliphatic heterocycles. The summed E-state index contributed by atoms with van der Waals surface area (Å²) in [4.78, 5) is 33.2. The van der Waals surface area contributed by atoms with Gasteiger partial charge < -0.3 is 9.72 Å². The van der Waals surface area contributed by atoms with Crippen LogP contribution in [0.2, 0.25) is 0 Å². The van der Waals surface area contributed by atoms with E-state index in [0.717, 1.165) is 5.56 Å². The highest BCUT2D eigenvalue weighted by molar-refractivity contribution is 5.80. The highest BCUT2D eigenvalue weighted by Crippen LogP contribution is 2.37. The predicted octanol–water partition coefficient (Wildman–Crippen LogP) is 2.57. The van der Waals surface area contributed by atoms with Crippen molar-refractivity contribution < 1.29 is 37.0 Å². The molecule has 1 aromatic heterocycles. The molecule has 1 amide bonds. The molecule has 1 N–H and O–H groups in total. The smallest absolute Gasteiger partial charge is 0.497 e. The summed E-state index contributed by atoms with van der Waals surface area (Å²) in [6.07, 6.45) is -4.00. The van der Waals surface area contributed by atoms with Gasteiger partial charge >= 0.3 is 12.1 Å². The largest absolute Gasteiger partial charge is 0.497 e. The van der Waals surface area contributed by atoms with Gasteiger partial charge in [0.05, 0.1) is 12.8 Å². The zero-order valence-electron chi connectivity index (χ0n) is 15.9. The van der Waals surface area contributed by atoms with Crippen LogP contribution in [0.1, 0.15) is 17.4 Å². The summed E-state index contributed by atoms with van der Waals surface area (Å²) in [5, 5.41) is 0. The Kier molecular flexibility index (Phi) is 5.56. The Bertz CT molecular complexity index is 868. The van der Waals surface area contributed by atoms with Crippen molar-refractivity contribution >= 4 is 11.9 Å². The van der Waals surface area contributed by atoms with E-state index in [1.165, 1.54) is 11.9 Å². The van der Waals surface area contributed by atoms with E-state index in [4.69, 9.17) is 9.57 Å². The minimum atomic E-state index is -5.15. The van der Waals surface area contributed by atoms with E-state index in [1.54, 1.807) is 37.6 Å². The minimum Gasteiger partial charge on any atom is -0.497 e. The summed E-state index contributed by atoms with van der Waals surface area (Å²) in [6.45, 7) is -0.152. The van der Waals surface area contributed by atoms with Gasteiger partial charge in [0, 0.05) is 12.7 Å². The van der Waals surface area contributed by atoms with Gasteiger partial charge in [-0.25, -0.2) is 4.79 Å². The maximum absolute atomic E-state index is 12.8. The number of nitrogens with zero attached hydrogens (tertiary/aromatic N) is 2. The van der Waals surface area contributed by atoms with Crippen LogP contribution in [0.3, 0.4) is 0 Å². The molecule has 2 aromatic rings. The van der Waals surface area contributed by atoms with Crippen LogP contribution < -0.4 is 4.74 Å². The quantitative estimate of drug-likeness (QED) is 0.741. The Morgan fingerprint density at radius 1 is 1.28 bits per heavy atom. The average Bonchev–Trinajstić information content (AvgIpc) is 3.25. The number of hydroxylamine groups is 3. The fraction of sp³-hybridized carbons (Fsp3) is 0.368. The summed E-state index contributed by atoms with van der Waals surface area (Å²) < 4.78 is 42.6. The number of rotatable bonds is 6. The first kappa shape index (κ1) is 20.7. The number of amides is 1. The van der Waals surface area contributed by atoms with Crippen molar-refractivity contribution in [2.75, 3.05) is 27.2 Å². The Balaban J connectivity index is 1.83. The molecule has 1 fully saturated rings. The number of likely N-dealkylation sites (N-methyl/N-ethyl adjacent to an activating group) is 1. The number of aromatic nitrogens is 1. The number of methoxy groups -OCH3 is 1. The van der Waals surface area contributed by atoms with E-state index in [1.807, 2.05) is 12.1 Å². The molecule has 2 heterocycles. The number of halogens is 3. The lowest BCUT2D eigenvalue weighted by molar-refractivity contribution is -1.09. The standard InChI is InChI=1S/C19H21F3N3O4/c1-25(29-18(27)19(20,21)22)12-16(26)24(17(25)15-4-3-10-23-15)11-9-13-5-7-14(28-2)8-6-13/h3-8,10,17,23H,9,11-12H2,1-2H3/q+1. The number of hydrogen-bond acceptors (Lipinski definition) is 4. The number of benzene rings is 1. The molecule has 1 saturated heterocycles. The van der Waals surface area contributed by atoms with Gasteiger partial charge in [-0.15, -0.1) is 4.65 Å². The molecule has 0 saturated carbocycles. The number of carbonyl (C=O) groups is 2. The van der Waals surface area contributed by atoms with Crippen LogP contribution in [0, 0.1) is 0 Å². The second-order valence-corrected chi connectivity index (χ2v) is 6.89. The number of aromatic amines is 1. The van der Waals surface area contributed by atoms with Crippen LogP contribution in [0.25, 0.3) is 0 Å². The SMILES string of the molecule is COc1ccc(CCN2C(=O)C[N+](C)(OC(=O)C(F)(F)F)C2c2ccc[nH]2)cc1. The maximum atomic E-state index is 12.8. The first-order chi connectivity index (χ1) is 13.6. The van der Waals surface area contributed by atoms with Gasteiger partial charge in [-0.1, -0.05) is 12.1 Å². The van der Waals surface area contributed by atoms with Crippen molar-refractivity contribution in [3.05, 3.63) is 53.9 Å². The minimum absolute atomic E-state index is 0.242. The maximum Gasteiger partial charge on any atom is 0.497 e. The van der Waals surface area contributed by atoms with Gasteiger partial charge in [0.25, 0.3) is 5.91 Å². The van der Waals surface area contributed by atoms with Crippen molar-refractivity contribution in [1.29, 1.82) is 0 Å². The lowest BCUT2D eigenvalue weighted by Crippen LogP contribution is -2.50. The van der Waals surface area contributed by atoms with E-state index in [2.05, 4.69) is 4.98 Å². The van der Waals surface area contributed by atoms with E-state index < -0.39 is 35.4 Å². The van der Waals surface area contributed by atoms with Crippen LogP contribution in [0.15, 0.2) is 42.6 Å². The fourth-order valence-corrected chi connectivity index (χ4v) is 3.46. The van der Waals surface area contributed by atoms with E-state index in [9.17, 15) is 22.8 Å². The van der Waals surface area contributed by atoms with Crippen molar-refractivity contribution in [2.24, 2.45) is 0 Å². The monoisotopic (exact) mass is 412 g/mol. The predicted molar refractivity (Wildman–Crippen MR) is 95.1 cm³/mol. The van der Waals surface area contributed by atoms with Crippen molar-refractivity contribution in [2.45, 2.75) is 18.8 Å². The Labute approximate surface area is 165 Å². The lowest BCUT2D eigenvalue weighted by atomic mass is 10.1. The summed E-state index contributed by atoms with van der Waals surface area (Å²) in [5.74, 6) is -2.05. The van der Waals surface area contributed by atoms with Gasteiger partial charge in [0.1, 0.15) is 12.8 Å². The van der Waals surface area contributed by atoms with Gasteiger partial charge in [-0.05, 0) is 36.2 Å². The normalized spacial score (nSPS) is 22.0. The van der Waals surface area contributed by atoms with Crippen molar-refractivity contribution in [1.82, 2.24) is 9.88 Å². The topological polar surface area (TPSA) is 71.6 Å². The number of ether oxygens (including phenoxy) is 1. The highest BCUT2D eigenvalue weighted by atomic mass is 19.4. The molecule has 7 nitrogen and oxygen atoms in total. The first-order valence-electron chi connectivity index (χ1n) is 8.86. The fourth-order valence-electron chi connectivity index (χ4n) is 3.46. The molecule has 0 bridgehead atoms. The molecule has 10 heteroatoms. The van der Waals surface area contributed by atoms with Crippen molar-refractivity contribution in [3.8, 4) is 5.75 Å².